The highest BCUT2D eigenvalue weighted by atomic mass is 16.5. The highest BCUT2D eigenvalue weighted by Crippen LogP contribution is 2.24. The van der Waals surface area contributed by atoms with Crippen LogP contribution in [0.15, 0.2) is 51.5 Å². The third-order valence-electron chi connectivity index (χ3n) is 3.99. The number of aromatic nitrogens is 1. The van der Waals surface area contributed by atoms with E-state index in [0.29, 0.717) is 23.1 Å². The number of carbonyl (C=O) groups is 2. The van der Waals surface area contributed by atoms with Crippen molar-refractivity contribution in [1.82, 2.24) is 10.3 Å². The first kappa shape index (κ1) is 18.4. The van der Waals surface area contributed by atoms with Crippen molar-refractivity contribution in [1.29, 1.82) is 0 Å². The minimum Gasteiger partial charge on any atom is -0.497 e. The molecule has 0 aliphatic heterocycles. The van der Waals surface area contributed by atoms with Crippen molar-refractivity contribution in [3.63, 3.8) is 0 Å². The van der Waals surface area contributed by atoms with Crippen molar-refractivity contribution in [2.75, 3.05) is 7.11 Å². The van der Waals surface area contributed by atoms with Gasteiger partial charge in [0.1, 0.15) is 23.1 Å². The standard InChI is InChI=1S/C20H20N2O5/c1-13-18(22-20(27-13)14-5-7-16(25-2)8-6-14)10-15(23)11-19(24)21-12-17-4-3-9-26-17/h3-9H,10-12H2,1-2H3,(H,21,24). The van der Waals surface area contributed by atoms with Gasteiger partial charge in [-0.05, 0) is 43.3 Å². The van der Waals surface area contributed by atoms with E-state index in [1.807, 2.05) is 24.3 Å². The number of ether oxygens (including phenoxy) is 1. The van der Waals surface area contributed by atoms with Crippen molar-refractivity contribution in [3.05, 3.63) is 59.9 Å². The van der Waals surface area contributed by atoms with E-state index in [9.17, 15) is 9.59 Å². The Morgan fingerprint density at radius 1 is 1.19 bits per heavy atom. The number of nitrogens with one attached hydrogen (secondary N) is 1. The molecule has 1 amide bonds. The summed E-state index contributed by atoms with van der Waals surface area (Å²) in [5.41, 5.74) is 1.32. The van der Waals surface area contributed by atoms with E-state index in [0.717, 1.165) is 11.3 Å². The van der Waals surface area contributed by atoms with Crippen LogP contribution >= 0.6 is 0 Å². The van der Waals surface area contributed by atoms with Crippen molar-refractivity contribution < 1.29 is 23.2 Å². The Hall–Kier alpha value is -3.35. The van der Waals surface area contributed by atoms with Crippen LogP contribution in [-0.4, -0.2) is 23.8 Å². The van der Waals surface area contributed by atoms with Crippen LogP contribution in [0, 0.1) is 6.92 Å². The first-order valence-corrected chi connectivity index (χ1v) is 8.46. The van der Waals surface area contributed by atoms with Crippen LogP contribution in [0.25, 0.3) is 11.5 Å². The second-order valence-corrected chi connectivity index (χ2v) is 6.00. The lowest BCUT2D eigenvalue weighted by atomic mass is 10.1. The Balaban J connectivity index is 1.57. The van der Waals surface area contributed by atoms with Crippen LogP contribution in [0.3, 0.4) is 0 Å². The maximum Gasteiger partial charge on any atom is 0.227 e. The molecule has 0 saturated carbocycles. The number of ketones is 1. The summed E-state index contributed by atoms with van der Waals surface area (Å²) in [6.07, 6.45) is 1.35. The second-order valence-electron chi connectivity index (χ2n) is 6.00. The number of furan rings is 1. The molecule has 3 rings (SSSR count). The summed E-state index contributed by atoms with van der Waals surface area (Å²) in [5, 5.41) is 2.65. The molecule has 0 atom stereocenters. The average Bonchev–Trinajstić information content (AvgIpc) is 3.30. The van der Waals surface area contributed by atoms with Gasteiger partial charge >= 0.3 is 0 Å². The number of amides is 1. The van der Waals surface area contributed by atoms with Crippen molar-refractivity contribution >= 4 is 11.7 Å². The molecule has 0 saturated heterocycles. The third kappa shape index (κ3) is 4.84. The molecule has 0 unspecified atom stereocenters. The van der Waals surface area contributed by atoms with Crippen LogP contribution in [0.1, 0.15) is 23.6 Å². The smallest absolute Gasteiger partial charge is 0.227 e. The Bertz CT molecular complexity index is 911. The van der Waals surface area contributed by atoms with E-state index < -0.39 is 0 Å². The van der Waals surface area contributed by atoms with E-state index in [4.69, 9.17) is 13.6 Å². The molecule has 0 aliphatic rings. The van der Waals surface area contributed by atoms with Gasteiger partial charge in [0.25, 0.3) is 0 Å². The van der Waals surface area contributed by atoms with Gasteiger partial charge in [-0.2, -0.15) is 0 Å². The SMILES string of the molecule is COc1ccc(-c2nc(CC(=O)CC(=O)NCc3ccco3)c(C)o2)cc1. The molecule has 2 heterocycles. The number of benzene rings is 1. The van der Waals surface area contributed by atoms with E-state index in [1.165, 1.54) is 6.26 Å². The summed E-state index contributed by atoms with van der Waals surface area (Å²) in [6, 6.07) is 10.8. The fourth-order valence-electron chi connectivity index (χ4n) is 2.54. The van der Waals surface area contributed by atoms with Gasteiger partial charge in [-0.1, -0.05) is 0 Å². The summed E-state index contributed by atoms with van der Waals surface area (Å²) in [6.45, 7) is 2.00. The van der Waals surface area contributed by atoms with Gasteiger partial charge in [-0.15, -0.1) is 0 Å². The molecule has 0 fully saturated rings. The molecule has 1 aromatic carbocycles. The molecule has 0 radical (unpaired) electrons. The Morgan fingerprint density at radius 2 is 1.96 bits per heavy atom. The van der Waals surface area contributed by atoms with E-state index in [1.54, 1.807) is 26.2 Å². The Morgan fingerprint density at radius 3 is 2.63 bits per heavy atom. The average molecular weight is 368 g/mol. The molecule has 3 aromatic rings. The number of methoxy groups -OCH3 is 1. The van der Waals surface area contributed by atoms with E-state index >= 15 is 0 Å². The molecule has 0 spiro atoms. The number of rotatable bonds is 8. The Labute approximate surface area is 156 Å². The molecule has 0 bridgehead atoms. The number of oxazole rings is 1. The summed E-state index contributed by atoms with van der Waals surface area (Å²) < 4.78 is 15.9. The number of carbonyl (C=O) groups excluding carboxylic acids is 2. The molecule has 7 nitrogen and oxygen atoms in total. The lowest BCUT2D eigenvalue weighted by Crippen LogP contribution is -2.25. The molecular weight excluding hydrogens is 348 g/mol. The number of hydrogen-bond acceptors (Lipinski definition) is 6. The van der Waals surface area contributed by atoms with Crippen molar-refractivity contribution in [3.8, 4) is 17.2 Å². The number of hydrogen-bond donors (Lipinski definition) is 1. The van der Waals surface area contributed by atoms with Crippen LogP contribution in [0.2, 0.25) is 0 Å². The highest BCUT2D eigenvalue weighted by molar-refractivity contribution is 5.98. The van der Waals surface area contributed by atoms with Gasteiger partial charge in [0.15, 0.2) is 0 Å². The van der Waals surface area contributed by atoms with Crippen LogP contribution in [0.4, 0.5) is 0 Å². The predicted octanol–water partition coefficient (Wildman–Crippen LogP) is 3.07. The zero-order valence-electron chi connectivity index (χ0n) is 15.2. The van der Waals surface area contributed by atoms with Gasteiger partial charge in [0.2, 0.25) is 11.8 Å². The van der Waals surface area contributed by atoms with E-state index in [2.05, 4.69) is 10.3 Å². The van der Waals surface area contributed by atoms with Crippen LogP contribution in [0.5, 0.6) is 5.75 Å². The summed E-state index contributed by atoms with van der Waals surface area (Å²) in [7, 11) is 1.60. The molecule has 1 N–H and O–H groups in total. The monoisotopic (exact) mass is 368 g/mol. The predicted molar refractivity (Wildman–Crippen MR) is 97.1 cm³/mol. The van der Waals surface area contributed by atoms with Crippen molar-refractivity contribution in [2.45, 2.75) is 26.3 Å². The number of Topliss-reactive ketones (excluding diaryl/α,β-unsaturated/α-hetero) is 1. The number of nitrogens with zero attached hydrogens (tertiary/aromatic N) is 1. The normalized spacial score (nSPS) is 10.6. The minimum atomic E-state index is -0.354. The minimum absolute atomic E-state index is 0.0413. The first-order chi connectivity index (χ1) is 13.0. The fourth-order valence-corrected chi connectivity index (χ4v) is 2.54. The lowest BCUT2D eigenvalue weighted by molar-refractivity contribution is -0.128. The topological polar surface area (TPSA) is 94.6 Å². The first-order valence-electron chi connectivity index (χ1n) is 8.46. The molecule has 7 heteroatoms. The van der Waals surface area contributed by atoms with Gasteiger partial charge in [-0.25, -0.2) is 4.98 Å². The fraction of sp³-hybridized carbons (Fsp3) is 0.250. The summed E-state index contributed by atoms with van der Waals surface area (Å²) >= 11 is 0. The lowest BCUT2D eigenvalue weighted by Gasteiger charge is -2.02. The maximum absolute atomic E-state index is 12.2. The zero-order chi connectivity index (χ0) is 19.2. The molecule has 27 heavy (non-hydrogen) atoms. The summed E-state index contributed by atoms with van der Waals surface area (Å²) in [4.78, 5) is 28.5. The van der Waals surface area contributed by atoms with Gasteiger partial charge in [0.05, 0.1) is 38.5 Å². The summed E-state index contributed by atoms with van der Waals surface area (Å²) in [5.74, 6) is 1.77. The molecule has 140 valence electrons. The largest absolute Gasteiger partial charge is 0.497 e. The quantitative estimate of drug-likeness (QED) is 0.614. The van der Waals surface area contributed by atoms with Gasteiger partial charge in [-0.3, -0.25) is 9.59 Å². The van der Waals surface area contributed by atoms with Crippen LogP contribution < -0.4 is 10.1 Å². The zero-order valence-corrected chi connectivity index (χ0v) is 15.2. The second kappa shape index (κ2) is 8.35. The molecule has 0 aliphatic carbocycles. The maximum atomic E-state index is 12.2. The van der Waals surface area contributed by atoms with Gasteiger partial charge in [0, 0.05) is 5.56 Å². The molecular formula is C20H20N2O5. The van der Waals surface area contributed by atoms with Gasteiger partial charge < -0.3 is 18.9 Å². The Kier molecular flexibility index (Phi) is 5.71. The number of aryl methyl sites for hydroxylation is 1. The molecule has 2 aromatic heterocycles. The van der Waals surface area contributed by atoms with Crippen LogP contribution in [-0.2, 0) is 22.6 Å². The third-order valence-corrected chi connectivity index (χ3v) is 3.99. The van der Waals surface area contributed by atoms with Crippen molar-refractivity contribution in [2.24, 2.45) is 0 Å². The van der Waals surface area contributed by atoms with E-state index in [-0.39, 0.29) is 31.1 Å². The highest BCUT2D eigenvalue weighted by Gasteiger charge is 2.17.